The summed E-state index contributed by atoms with van der Waals surface area (Å²) in [7, 11) is 0. The highest BCUT2D eigenvalue weighted by Gasteiger charge is 2.27. The number of anilines is 1. The lowest BCUT2D eigenvalue weighted by Crippen LogP contribution is -2.46. The van der Waals surface area contributed by atoms with Crippen LogP contribution in [0.2, 0.25) is 5.02 Å². The number of hydrogen-bond acceptors (Lipinski definition) is 5. The molecule has 0 bridgehead atoms. The van der Waals surface area contributed by atoms with Crippen LogP contribution in [0.4, 0.5) is 10.2 Å². The van der Waals surface area contributed by atoms with E-state index in [0.717, 1.165) is 0 Å². The van der Waals surface area contributed by atoms with E-state index < -0.39 is 17.6 Å². The maximum absolute atomic E-state index is 13.9. The largest absolute Gasteiger partial charge is 0.348 e. The predicted octanol–water partition coefficient (Wildman–Crippen LogP) is 3.56. The lowest BCUT2D eigenvalue weighted by atomic mass is 10.0. The molecule has 1 fully saturated rings. The normalized spacial score (nSPS) is 13.9. The highest BCUT2D eigenvalue weighted by molar-refractivity contribution is 6.33. The number of aromatic nitrogens is 2. The van der Waals surface area contributed by atoms with Crippen LogP contribution in [0.25, 0.3) is 0 Å². The highest BCUT2D eigenvalue weighted by Crippen LogP contribution is 2.20. The molecule has 0 saturated carbocycles. The van der Waals surface area contributed by atoms with Crippen molar-refractivity contribution in [2.24, 2.45) is 0 Å². The first kappa shape index (κ1) is 23.3. The molecule has 10 heteroatoms. The SMILES string of the molecule is O=C(Nc1nccnc1C(=O)NC1CCN(C(=O)c2ccccc2Cl)CC1)c1ccccc1F. The lowest BCUT2D eigenvalue weighted by Gasteiger charge is -2.32. The second kappa shape index (κ2) is 10.4. The van der Waals surface area contributed by atoms with Gasteiger partial charge in [0.25, 0.3) is 17.7 Å². The van der Waals surface area contributed by atoms with Crippen molar-refractivity contribution in [2.45, 2.75) is 18.9 Å². The molecule has 1 saturated heterocycles. The summed E-state index contributed by atoms with van der Waals surface area (Å²) in [6.45, 7) is 0.901. The van der Waals surface area contributed by atoms with Crippen molar-refractivity contribution >= 4 is 35.1 Å². The molecule has 2 heterocycles. The van der Waals surface area contributed by atoms with Crippen LogP contribution < -0.4 is 10.6 Å². The van der Waals surface area contributed by atoms with Gasteiger partial charge in [-0.3, -0.25) is 14.4 Å². The zero-order valence-electron chi connectivity index (χ0n) is 18.0. The molecule has 1 aliphatic rings. The summed E-state index contributed by atoms with van der Waals surface area (Å²) in [5, 5.41) is 5.73. The van der Waals surface area contributed by atoms with Crippen molar-refractivity contribution < 1.29 is 18.8 Å². The molecule has 3 amide bonds. The average Bonchev–Trinajstić information content (AvgIpc) is 2.85. The third-order valence-corrected chi connectivity index (χ3v) is 5.81. The third kappa shape index (κ3) is 5.20. The molecule has 3 aromatic rings. The minimum absolute atomic E-state index is 0.0698. The Hall–Kier alpha value is -3.85. The number of rotatable bonds is 5. The fraction of sp³-hybridized carbons (Fsp3) is 0.208. The first-order valence-electron chi connectivity index (χ1n) is 10.7. The third-order valence-electron chi connectivity index (χ3n) is 5.49. The number of halogens is 2. The Morgan fingerprint density at radius 3 is 2.26 bits per heavy atom. The van der Waals surface area contributed by atoms with E-state index in [4.69, 9.17) is 11.6 Å². The molecule has 0 unspecified atom stereocenters. The molecule has 1 aliphatic heterocycles. The fourth-order valence-corrected chi connectivity index (χ4v) is 3.92. The Balaban J connectivity index is 1.38. The van der Waals surface area contributed by atoms with Crippen molar-refractivity contribution in [1.29, 1.82) is 0 Å². The van der Waals surface area contributed by atoms with E-state index in [1.165, 1.54) is 36.7 Å². The van der Waals surface area contributed by atoms with Crippen molar-refractivity contribution in [1.82, 2.24) is 20.2 Å². The van der Waals surface area contributed by atoms with Crippen LogP contribution in [0.3, 0.4) is 0 Å². The molecule has 8 nitrogen and oxygen atoms in total. The van der Waals surface area contributed by atoms with Gasteiger partial charge in [-0.1, -0.05) is 35.9 Å². The minimum Gasteiger partial charge on any atom is -0.348 e. The Morgan fingerprint density at radius 2 is 1.56 bits per heavy atom. The number of nitrogens with zero attached hydrogens (tertiary/aromatic N) is 3. The van der Waals surface area contributed by atoms with E-state index in [9.17, 15) is 18.8 Å². The van der Waals surface area contributed by atoms with E-state index in [1.807, 2.05) is 0 Å². The summed E-state index contributed by atoms with van der Waals surface area (Å²) in [4.78, 5) is 47.8. The van der Waals surface area contributed by atoms with E-state index in [2.05, 4.69) is 20.6 Å². The topological polar surface area (TPSA) is 104 Å². The summed E-state index contributed by atoms with van der Waals surface area (Å²) in [6.07, 6.45) is 3.74. The maximum Gasteiger partial charge on any atom is 0.273 e. The Bertz CT molecular complexity index is 1230. The summed E-state index contributed by atoms with van der Waals surface area (Å²) >= 11 is 6.13. The Kier molecular flexibility index (Phi) is 7.12. The quantitative estimate of drug-likeness (QED) is 0.580. The number of carbonyl (C=O) groups excluding carboxylic acids is 3. The number of carbonyl (C=O) groups is 3. The summed E-state index contributed by atoms with van der Waals surface area (Å²) in [6, 6.07) is 12.2. The maximum atomic E-state index is 13.9. The van der Waals surface area contributed by atoms with Gasteiger partial charge in [0.1, 0.15) is 5.82 Å². The molecule has 34 heavy (non-hydrogen) atoms. The Labute approximate surface area is 200 Å². The van der Waals surface area contributed by atoms with E-state index in [0.29, 0.717) is 36.5 Å². The van der Waals surface area contributed by atoms with Gasteiger partial charge in [0.2, 0.25) is 0 Å². The van der Waals surface area contributed by atoms with Gasteiger partial charge in [0, 0.05) is 31.5 Å². The predicted molar refractivity (Wildman–Crippen MR) is 124 cm³/mol. The van der Waals surface area contributed by atoms with E-state index in [-0.39, 0.29) is 29.0 Å². The van der Waals surface area contributed by atoms with Gasteiger partial charge < -0.3 is 15.5 Å². The fourth-order valence-electron chi connectivity index (χ4n) is 3.70. The highest BCUT2D eigenvalue weighted by atomic mass is 35.5. The molecule has 0 radical (unpaired) electrons. The zero-order chi connectivity index (χ0) is 24.1. The van der Waals surface area contributed by atoms with Gasteiger partial charge in [0.15, 0.2) is 11.5 Å². The van der Waals surface area contributed by atoms with Gasteiger partial charge in [-0.05, 0) is 37.1 Å². The zero-order valence-corrected chi connectivity index (χ0v) is 18.8. The molecular formula is C24H21ClFN5O3. The number of piperidine rings is 1. The second-order valence-corrected chi connectivity index (χ2v) is 8.11. The molecule has 1 aromatic heterocycles. The molecule has 0 atom stereocenters. The van der Waals surface area contributed by atoms with Gasteiger partial charge in [0.05, 0.1) is 16.1 Å². The van der Waals surface area contributed by atoms with Crippen LogP contribution in [0.5, 0.6) is 0 Å². The number of nitrogens with one attached hydrogen (secondary N) is 2. The number of benzene rings is 2. The monoisotopic (exact) mass is 481 g/mol. The average molecular weight is 482 g/mol. The summed E-state index contributed by atoms with van der Waals surface area (Å²) in [5.74, 6) is -2.16. The smallest absolute Gasteiger partial charge is 0.273 e. The van der Waals surface area contributed by atoms with Gasteiger partial charge in [-0.15, -0.1) is 0 Å². The van der Waals surface area contributed by atoms with E-state index in [1.54, 1.807) is 29.2 Å². The second-order valence-electron chi connectivity index (χ2n) is 7.71. The molecule has 0 aliphatic carbocycles. The molecule has 4 rings (SSSR count). The van der Waals surface area contributed by atoms with E-state index >= 15 is 0 Å². The number of likely N-dealkylation sites (tertiary alicyclic amines) is 1. The number of amides is 3. The Morgan fingerprint density at radius 1 is 0.912 bits per heavy atom. The van der Waals surface area contributed by atoms with Gasteiger partial charge in [-0.25, -0.2) is 14.4 Å². The van der Waals surface area contributed by atoms with Crippen LogP contribution in [-0.4, -0.2) is 51.7 Å². The van der Waals surface area contributed by atoms with Gasteiger partial charge in [-0.2, -0.15) is 0 Å². The van der Waals surface area contributed by atoms with Gasteiger partial charge >= 0.3 is 0 Å². The van der Waals surface area contributed by atoms with Crippen LogP contribution in [-0.2, 0) is 0 Å². The molecular weight excluding hydrogens is 461 g/mol. The summed E-state index contributed by atoms with van der Waals surface area (Å²) in [5.41, 5.74) is 0.193. The summed E-state index contributed by atoms with van der Waals surface area (Å²) < 4.78 is 13.9. The van der Waals surface area contributed by atoms with Crippen LogP contribution in [0.1, 0.15) is 44.0 Å². The van der Waals surface area contributed by atoms with Crippen molar-refractivity contribution in [2.75, 3.05) is 18.4 Å². The minimum atomic E-state index is -0.737. The molecule has 174 valence electrons. The lowest BCUT2D eigenvalue weighted by molar-refractivity contribution is 0.0697. The first-order chi connectivity index (χ1) is 16.4. The van der Waals surface area contributed by atoms with Crippen LogP contribution in [0, 0.1) is 5.82 Å². The molecule has 2 N–H and O–H groups in total. The van der Waals surface area contributed by atoms with Crippen molar-refractivity contribution in [3.8, 4) is 0 Å². The number of hydrogen-bond donors (Lipinski definition) is 2. The first-order valence-corrected chi connectivity index (χ1v) is 11.0. The van der Waals surface area contributed by atoms with Crippen LogP contribution >= 0.6 is 11.6 Å². The standard InChI is InChI=1S/C24H21ClFN5O3/c25-18-7-3-1-5-16(18)24(34)31-13-9-15(10-14-31)29-23(33)20-21(28-12-11-27-20)30-22(32)17-6-2-4-8-19(17)26/h1-8,11-12,15H,9-10,13-14H2,(H,29,33)(H,28,30,32). The van der Waals surface area contributed by atoms with Crippen LogP contribution in [0.15, 0.2) is 60.9 Å². The van der Waals surface area contributed by atoms with Crippen molar-refractivity contribution in [3.05, 3.63) is 88.6 Å². The van der Waals surface area contributed by atoms with Crippen molar-refractivity contribution in [3.63, 3.8) is 0 Å². The molecule has 2 aromatic carbocycles. The molecule has 0 spiro atoms.